The molecule has 0 unspecified atom stereocenters. The third-order valence-corrected chi connectivity index (χ3v) is 6.56. The van der Waals surface area contributed by atoms with Crippen LogP contribution < -0.4 is 10.1 Å². The Hall–Kier alpha value is -3.79. The predicted octanol–water partition coefficient (Wildman–Crippen LogP) is 3.77. The highest BCUT2D eigenvalue weighted by atomic mass is 19.1. The van der Waals surface area contributed by atoms with E-state index in [2.05, 4.69) is 15.2 Å². The van der Waals surface area contributed by atoms with Crippen LogP contribution in [0, 0.1) is 15.9 Å². The van der Waals surface area contributed by atoms with Gasteiger partial charge >= 0.3 is 11.8 Å². The minimum Gasteiger partial charge on any atom is -0.444 e. The average Bonchev–Trinajstić information content (AvgIpc) is 3.21. The maximum atomic E-state index is 14.6. The summed E-state index contributed by atoms with van der Waals surface area (Å²) in [5.41, 5.74) is 2.74. The average molecular weight is 480 g/mol. The molecule has 10 heteroatoms. The summed E-state index contributed by atoms with van der Waals surface area (Å²) in [5, 5.41) is 13.8. The van der Waals surface area contributed by atoms with Gasteiger partial charge in [0, 0.05) is 37.2 Å². The van der Waals surface area contributed by atoms with Crippen molar-refractivity contribution < 1.29 is 18.8 Å². The molecule has 1 fully saturated rings. The number of halogens is 1. The molecule has 2 aromatic carbocycles. The number of ether oxygens (including phenoxy) is 1. The zero-order chi connectivity index (χ0) is 24.4. The number of carbonyl (C=O) groups is 1. The zero-order valence-electron chi connectivity index (χ0n) is 19.2. The number of hydrogen-bond donors (Lipinski definition) is 1. The lowest BCUT2D eigenvalue weighted by Gasteiger charge is -2.26. The van der Waals surface area contributed by atoms with E-state index in [1.165, 1.54) is 12.3 Å². The Bertz CT molecular complexity index is 1240. The zero-order valence-corrected chi connectivity index (χ0v) is 19.2. The molecule has 3 aromatic rings. The Morgan fingerprint density at radius 2 is 1.91 bits per heavy atom. The summed E-state index contributed by atoms with van der Waals surface area (Å²) in [7, 11) is 0. The number of nitro groups is 1. The summed E-state index contributed by atoms with van der Waals surface area (Å²) >= 11 is 0. The lowest BCUT2D eigenvalue weighted by molar-refractivity contribution is -0.389. The van der Waals surface area contributed by atoms with Crippen molar-refractivity contribution in [1.29, 1.82) is 0 Å². The molecule has 1 saturated carbocycles. The molecule has 182 valence electrons. The topological polar surface area (TPSA) is 103 Å². The first kappa shape index (κ1) is 23.0. The third kappa shape index (κ3) is 5.17. The van der Waals surface area contributed by atoms with Gasteiger partial charge in [0.05, 0.1) is 5.56 Å². The summed E-state index contributed by atoms with van der Waals surface area (Å²) in [5.74, 6) is -1.10. The summed E-state index contributed by atoms with van der Waals surface area (Å²) in [6.07, 6.45) is 4.41. The smallest absolute Gasteiger partial charge is 0.414 e. The molecule has 1 N–H and O–H groups in total. The molecule has 2 heterocycles. The first-order chi connectivity index (χ1) is 17.0. The highest BCUT2D eigenvalue weighted by molar-refractivity contribution is 5.95. The van der Waals surface area contributed by atoms with E-state index < -0.39 is 10.7 Å². The van der Waals surface area contributed by atoms with Crippen molar-refractivity contribution in [2.24, 2.45) is 0 Å². The van der Waals surface area contributed by atoms with Gasteiger partial charge < -0.3 is 20.2 Å². The van der Waals surface area contributed by atoms with Crippen LogP contribution in [-0.4, -0.2) is 51.0 Å². The predicted molar refractivity (Wildman–Crippen MR) is 127 cm³/mol. The van der Waals surface area contributed by atoms with Crippen LogP contribution in [0.25, 0.3) is 11.1 Å². The van der Waals surface area contributed by atoms with Crippen molar-refractivity contribution in [3.8, 4) is 17.1 Å². The molecule has 5 rings (SSSR count). The molecule has 0 saturated heterocycles. The molecule has 35 heavy (non-hydrogen) atoms. The lowest BCUT2D eigenvalue weighted by atomic mass is 9.93. The largest absolute Gasteiger partial charge is 0.444 e. The minimum atomic E-state index is -0.525. The number of nitrogens with zero attached hydrogens (tertiary/aromatic N) is 4. The van der Waals surface area contributed by atoms with Crippen LogP contribution in [0.3, 0.4) is 0 Å². The van der Waals surface area contributed by atoms with E-state index >= 15 is 0 Å². The fourth-order valence-electron chi connectivity index (χ4n) is 4.29. The standard InChI is InChI=1S/C25H26FN5O4/c26-22-14-19(8-9-21(22)24(32)27-20-2-1-3-20)18-6-4-17(5-7-18)15-29-10-11-30-16-23(31(33)34)28-25(30)35-13-12-29/h4-9,14,16,20H,1-3,10-13,15H2,(H,27,32). The van der Waals surface area contributed by atoms with Gasteiger partial charge in [-0.05, 0) is 53.0 Å². The van der Waals surface area contributed by atoms with Gasteiger partial charge in [-0.1, -0.05) is 30.3 Å². The molecular formula is C25H26FN5O4. The van der Waals surface area contributed by atoms with Crippen LogP contribution in [0.4, 0.5) is 10.2 Å². The van der Waals surface area contributed by atoms with E-state index in [-0.39, 0.29) is 29.3 Å². The molecule has 0 radical (unpaired) electrons. The first-order valence-electron chi connectivity index (χ1n) is 11.7. The quantitative estimate of drug-likeness (QED) is 0.427. The van der Waals surface area contributed by atoms with Crippen molar-refractivity contribution in [1.82, 2.24) is 19.8 Å². The van der Waals surface area contributed by atoms with Crippen LogP contribution in [0.5, 0.6) is 6.01 Å². The highest BCUT2D eigenvalue weighted by Crippen LogP contribution is 2.25. The van der Waals surface area contributed by atoms with Crippen molar-refractivity contribution in [2.45, 2.75) is 38.4 Å². The maximum absolute atomic E-state index is 14.6. The molecular weight excluding hydrogens is 453 g/mol. The fraction of sp³-hybridized carbons (Fsp3) is 0.360. The molecule has 9 nitrogen and oxygen atoms in total. The van der Waals surface area contributed by atoms with E-state index in [0.29, 0.717) is 38.3 Å². The highest BCUT2D eigenvalue weighted by Gasteiger charge is 2.23. The maximum Gasteiger partial charge on any atom is 0.414 e. The van der Waals surface area contributed by atoms with Crippen LogP contribution in [0.15, 0.2) is 48.7 Å². The van der Waals surface area contributed by atoms with Gasteiger partial charge in [0.2, 0.25) is 0 Å². The fourth-order valence-corrected chi connectivity index (χ4v) is 4.29. The van der Waals surface area contributed by atoms with Crippen LogP contribution in [0.2, 0.25) is 0 Å². The molecule has 1 aliphatic carbocycles. The second-order valence-corrected chi connectivity index (χ2v) is 8.95. The second-order valence-electron chi connectivity index (χ2n) is 8.95. The number of benzene rings is 2. The van der Waals surface area contributed by atoms with E-state index in [4.69, 9.17) is 4.74 Å². The third-order valence-electron chi connectivity index (χ3n) is 6.56. The number of fused-ring (bicyclic) bond motifs is 1. The van der Waals surface area contributed by atoms with Gasteiger partial charge in [-0.25, -0.2) is 4.39 Å². The lowest BCUT2D eigenvalue weighted by Crippen LogP contribution is -2.39. The Labute approximate surface area is 201 Å². The van der Waals surface area contributed by atoms with Crippen LogP contribution >= 0.6 is 0 Å². The Morgan fingerprint density at radius 3 is 2.60 bits per heavy atom. The number of amides is 1. The number of rotatable bonds is 6. The summed E-state index contributed by atoms with van der Waals surface area (Å²) in [4.78, 5) is 28.9. The van der Waals surface area contributed by atoms with Crippen molar-refractivity contribution >= 4 is 11.7 Å². The first-order valence-corrected chi connectivity index (χ1v) is 11.7. The van der Waals surface area contributed by atoms with E-state index in [1.807, 2.05) is 24.3 Å². The van der Waals surface area contributed by atoms with E-state index in [0.717, 1.165) is 30.4 Å². The Balaban J connectivity index is 1.21. The van der Waals surface area contributed by atoms with E-state index in [1.54, 1.807) is 16.7 Å². The van der Waals surface area contributed by atoms with Crippen LogP contribution in [-0.2, 0) is 13.1 Å². The van der Waals surface area contributed by atoms with Crippen molar-refractivity contribution in [2.75, 3.05) is 19.7 Å². The number of carbonyl (C=O) groups excluding carboxylic acids is 1. The van der Waals surface area contributed by atoms with Crippen LogP contribution in [0.1, 0.15) is 35.2 Å². The van der Waals surface area contributed by atoms with Gasteiger partial charge in [-0.2, -0.15) is 0 Å². The van der Waals surface area contributed by atoms with Gasteiger partial charge in [0.1, 0.15) is 18.6 Å². The molecule has 1 amide bonds. The normalized spacial score (nSPS) is 16.4. The Morgan fingerprint density at radius 1 is 1.14 bits per heavy atom. The summed E-state index contributed by atoms with van der Waals surface area (Å²) < 4.78 is 21.9. The van der Waals surface area contributed by atoms with Gasteiger partial charge in [-0.3, -0.25) is 14.3 Å². The van der Waals surface area contributed by atoms with Crippen molar-refractivity contribution in [3.05, 3.63) is 75.7 Å². The number of imidazole rings is 1. The molecule has 0 spiro atoms. The molecule has 2 aliphatic rings. The van der Waals surface area contributed by atoms with Gasteiger partial charge in [-0.15, -0.1) is 0 Å². The molecule has 1 aromatic heterocycles. The SMILES string of the molecule is O=C(NC1CCC1)c1ccc(-c2ccc(CN3CCOc4nc([N+](=O)[O-])cn4CC3)cc2)cc1F. The summed E-state index contributed by atoms with van der Waals surface area (Å²) in [6.45, 7) is 2.96. The minimum absolute atomic E-state index is 0.0722. The Kier molecular flexibility index (Phi) is 6.45. The number of hydrogen-bond acceptors (Lipinski definition) is 6. The molecule has 0 bridgehead atoms. The molecule has 0 atom stereocenters. The van der Waals surface area contributed by atoms with Crippen molar-refractivity contribution in [3.63, 3.8) is 0 Å². The number of nitrogens with one attached hydrogen (secondary N) is 1. The molecule has 1 aliphatic heterocycles. The summed E-state index contributed by atoms with van der Waals surface area (Å²) in [6, 6.07) is 13.0. The monoisotopic (exact) mass is 479 g/mol. The van der Waals surface area contributed by atoms with Gasteiger partial charge in [0.25, 0.3) is 5.91 Å². The van der Waals surface area contributed by atoms with Gasteiger partial charge in [0.15, 0.2) is 0 Å². The number of aromatic nitrogens is 2. The van der Waals surface area contributed by atoms with E-state index in [9.17, 15) is 19.3 Å². The second kappa shape index (κ2) is 9.83.